The van der Waals surface area contributed by atoms with Crippen molar-refractivity contribution in [3.8, 4) is 17.2 Å². The first kappa shape index (κ1) is 17.2. The van der Waals surface area contributed by atoms with Gasteiger partial charge < -0.3 is 9.15 Å². The van der Waals surface area contributed by atoms with Crippen LogP contribution in [0.25, 0.3) is 11.5 Å². The van der Waals surface area contributed by atoms with Crippen molar-refractivity contribution in [2.45, 2.75) is 33.1 Å². The molecule has 1 aromatic heterocycles. The SMILES string of the molecule is Cc1ccc(OC(=O)c2nc(-c3ccccc3)oc2C)c2c1[C@H](C)CC2=O. The predicted octanol–water partition coefficient (Wildman–Crippen LogP) is 4.87. The summed E-state index contributed by atoms with van der Waals surface area (Å²) < 4.78 is 11.2. The Morgan fingerprint density at radius 2 is 1.89 bits per heavy atom. The Labute approximate surface area is 157 Å². The molecular formula is C22H19NO4. The highest BCUT2D eigenvalue weighted by atomic mass is 16.5. The number of hydrogen-bond acceptors (Lipinski definition) is 5. The van der Waals surface area contributed by atoms with Crippen molar-refractivity contribution in [2.24, 2.45) is 0 Å². The molecule has 0 amide bonds. The molecule has 27 heavy (non-hydrogen) atoms. The Kier molecular flexibility index (Phi) is 4.15. The molecular weight excluding hydrogens is 342 g/mol. The first-order valence-electron chi connectivity index (χ1n) is 8.87. The van der Waals surface area contributed by atoms with Gasteiger partial charge in [-0.15, -0.1) is 0 Å². The van der Waals surface area contributed by atoms with Crippen molar-refractivity contribution in [3.63, 3.8) is 0 Å². The molecule has 1 aliphatic carbocycles. The van der Waals surface area contributed by atoms with Crippen molar-refractivity contribution in [2.75, 3.05) is 0 Å². The number of oxazole rings is 1. The molecule has 0 bridgehead atoms. The summed E-state index contributed by atoms with van der Waals surface area (Å²) in [5.74, 6) is 0.534. The molecule has 1 atom stereocenters. The van der Waals surface area contributed by atoms with Crippen LogP contribution in [0, 0.1) is 13.8 Å². The fourth-order valence-corrected chi connectivity index (χ4v) is 3.63. The second kappa shape index (κ2) is 6.50. The van der Waals surface area contributed by atoms with E-state index < -0.39 is 5.97 Å². The van der Waals surface area contributed by atoms with Gasteiger partial charge in [0.15, 0.2) is 11.5 Å². The summed E-state index contributed by atoms with van der Waals surface area (Å²) >= 11 is 0. The zero-order valence-electron chi connectivity index (χ0n) is 15.4. The summed E-state index contributed by atoms with van der Waals surface area (Å²) in [6, 6.07) is 12.9. The summed E-state index contributed by atoms with van der Waals surface area (Å²) in [6.07, 6.45) is 0.436. The van der Waals surface area contributed by atoms with E-state index >= 15 is 0 Å². The van der Waals surface area contributed by atoms with Gasteiger partial charge in [0.05, 0.1) is 5.56 Å². The second-order valence-corrected chi connectivity index (χ2v) is 6.88. The van der Waals surface area contributed by atoms with E-state index in [0.29, 0.717) is 29.4 Å². The van der Waals surface area contributed by atoms with E-state index in [0.717, 1.165) is 16.7 Å². The van der Waals surface area contributed by atoms with Crippen LogP contribution >= 0.6 is 0 Å². The van der Waals surface area contributed by atoms with Gasteiger partial charge in [0.1, 0.15) is 11.5 Å². The van der Waals surface area contributed by atoms with E-state index in [9.17, 15) is 9.59 Å². The fourth-order valence-electron chi connectivity index (χ4n) is 3.63. The van der Waals surface area contributed by atoms with Gasteiger partial charge in [-0.3, -0.25) is 4.79 Å². The lowest BCUT2D eigenvalue weighted by molar-refractivity contribution is 0.0725. The average molecular weight is 361 g/mol. The van der Waals surface area contributed by atoms with Crippen molar-refractivity contribution < 1.29 is 18.7 Å². The first-order valence-corrected chi connectivity index (χ1v) is 8.87. The van der Waals surface area contributed by atoms with E-state index in [4.69, 9.17) is 9.15 Å². The van der Waals surface area contributed by atoms with E-state index in [1.165, 1.54) is 0 Å². The Hall–Kier alpha value is -3.21. The summed E-state index contributed by atoms with van der Waals surface area (Å²) in [5.41, 5.74) is 3.40. The number of hydrogen-bond donors (Lipinski definition) is 0. The molecule has 1 heterocycles. The average Bonchev–Trinajstić information content (AvgIpc) is 3.18. The zero-order chi connectivity index (χ0) is 19.1. The number of carbonyl (C=O) groups is 2. The summed E-state index contributed by atoms with van der Waals surface area (Å²) in [6.45, 7) is 5.65. The molecule has 1 aliphatic rings. The van der Waals surface area contributed by atoms with Gasteiger partial charge in [0.25, 0.3) is 0 Å². The molecule has 0 fully saturated rings. The molecule has 5 nitrogen and oxygen atoms in total. The molecule has 136 valence electrons. The lowest BCUT2D eigenvalue weighted by atomic mass is 9.97. The summed E-state index contributed by atoms with van der Waals surface area (Å²) in [7, 11) is 0. The lowest BCUT2D eigenvalue weighted by Gasteiger charge is -2.11. The monoisotopic (exact) mass is 361 g/mol. The maximum atomic E-state index is 12.7. The normalized spacial score (nSPS) is 15.7. The second-order valence-electron chi connectivity index (χ2n) is 6.88. The van der Waals surface area contributed by atoms with Gasteiger partial charge >= 0.3 is 5.97 Å². The lowest BCUT2D eigenvalue weighted by Crippen LogP contribution is -2.13. The molecule has 0 radical (unpaired) electrons. The van der Waals surface area contributed by atoms with Crippen LogP contribution in [0.5, 0.6) is 5.75 Å². The maximum Gasteiger partial charge on any atom is 0.366 e. The first-order chi connectivity index (χ1) is 13.0. The molecule has 0 spiro atoms. The third-order valence-electron chi connectivity index (χ3n) is 4.90. The Bertz CT molecular complexity index is 1050. The van der Waals surface area contributed by atoms with Crippen LogP contribution in [0.15, 0.2) is 46.9 Å². The quantitative estimate of drug-likeness (QED) is 0.492. The number of aromatic nitrogens is 1. The van der Waals surface area contributed by atoms with Crippen LogP contribution in [-0.4, -0.2) is 16.7 Å². The number of ketones is 1. The third-order valence-corrected chi connectivity index (χ3v) is 4.90. The standard InChI is InChI=1S/C22H19NO4/c1-12-9-10-17(19-16(24)11-13(2)18(12)19)27-22(25)20-14(3)26-21(23-20)15-7-5-4-6-8-15/h4-10,13H,11H2,1-3H3/t13-/m1/s1. The van der Waals surface area contributed by atoms with Gasteiger partial charge in [0, 0.05) is 12.0 Å². The number of rotatable bonds is 3. The van der Waals surface area contributed by atoms with Gasteiger partial charge in [0.2, 0.25) is 5.89 Å². The highest BCUT2D eigenvalue weighted by molar-refractivity contribution is 6.05. The van der Waals surface area contributed by atoms with Crippen LogP contribution in [0.1, 0.15) is 57.0 Å². The van der Waals surface area contributed by atoms with E-state index in [-0.39, 0.29) is 17.4 Å². The molecule has 0 saturated carbocycles. The van der Waals surface area contributed by atoms with Crippen molar-refractivity contribution in [1.82, 2.24) is 4.98 Å². The molecule has 5 heteroatoms. The number of aryl methyl sites for hydroxylation is 2. The number of esters is 1. The number of benzene rings is 2. The van der Waals surface area contributed by atoms with Crippen molar-refractivity contribution >= 4 is 11.8 Å². The van der Waals surface area contributed by atoms with Gasteiger partial charge in [-0.2, -0.15) is 0 Å². The Morgan fingerprint density at radius 3 is 2.63 bits per heavy atom. The minimum atomic E-state index is -0.628. The molecule has 4 rings (SSSR count). The van der Waals surface area contributed by atoms with E-state index in [1.807, 2.05) is 50.2 Å². The zero-order valence-corrected chi connectivity index (χ0v) is 15.4. The topological polar surface area (TPSA) is 69.4 Å². The van der Waals surface area contributed by atoms with E-state index in [2.05, 4.69) is 4.98 Å². The smallest absolute Gasteiger partial charge is 0.366 e. The van der Waals surface area contributed by atoms with Crippen molar-refractivity contribution in [3.05, 3.63) is 70.6 Å². The number of carbonyl (C=O) groups excluding carboxylic acids is 2. The highest BCUT2D eigenvalue weighted by Gasteiger charge is 2.32. The molecule has 3 aromatic rings. The fraction of sp³-hybridized carbons (Fsp3) is 0.227. The molecule has 0 saturated heterocycles. The minimum absolute atomic E-state index is 0.00542. The molecule has 0 unspecified atom stereocenters. The molecule has 0 N–H and O–H groups in total. The minimum Gasteiger partial charge on any atom is -0.441 e. The van der Waals surface area contributed by atoms with Gasteiger partial charge in [-0.05, 0) is 49.1 Å². The Morgan fingerprint density at radius 1 is 1.15 bits per heavy atom. The van der Waals surface area contributed by atoms with Crippen LogP contribution < -0.4 is 4.74 Å². The maximum absolute atomic E-state index is 12.7. The molecule has 2 aromatic carbocycles. The molecule has 0 aliphatic heterocycles. The van der Waals surface area contributed by atoms with Crippen LogP contribution in [-0.2, 0) is 0 Å². The number of Topliss-reactive ketones (excluding diaryl/α,β-unsaturated/α-hetero) is 1. The Balaban J connectivity index is 1.67. The van der Waals surface area contributed by atoms with Gasteiger partial charge in [-0.25, -0.2) is 9.78 Å². The van der Waals surface area contributed by atoms with E-state index in [1.54, 1.807) is 13.0 Å². The number of nitrogens with zero attached hydrogens (tertiary/aromatic N) is 1. The van der Waals surface area contributed by atoms with Crippen LogP contribution in [0.3, 0.4) is 0 Å². The summed E-state index contributed by atoms with van der Waals surface area (Å²) in [5, 5.41) is 0. The number of ether oxygens (including phenoxy) is 1. The largest absolute Gasteiger partial charge is 0.441 e. The van der Waals surface area contributed by atoms with Crippen molar-refractivity contribution in [1.29, 1.82) is 0 Å². The third kappa shape index (κ3) is 2.95. The van der Waals surface area contributed by atoms with Crippen LogP contribution in [0.2, 0.25) is 0 Å². The predicted molar refractivity (Wildman–Crippen MR) is 100 cm³/mol. The highest BCUT2D eigenvalue weighted by Crippen LogP contribution is 2.40. The van der Waals surface area contributed by atoms with Crippen LogP contribution in [0.4, 0.5) is 0 Å². The summed E-state index contributed by atoms with van der Waals surface area (Å²) in [4.78, 5) is 29.4. The number of fused-ring (bicyclic) bond motifs is 1. The van der Waals surface area contributed by atoms with Gasteiger partial charge in [-0.1, -0.05) is 31.2 Å².